The molecule has 2 amide bonds. The normalized spacial score (nSPS) is 17.2. The minimum absolute atomic E-state index is 0.00668. The molecule has 8 heteroatoms. The van der Waals surface area contributed by atoms with E-state index in [9.17, 15) is 14.7 Å². The van der Waals surface area contributed by atoms with Crippen molar-refractivity contribution in [2.24, 2.45) is 48.3 Å². The lowest BCUT2D eigenvalue weighted by Gasteiger charge is -2.33. The number of benzene rings is 1. The maximum Gasteiger partial charge on any atom is 0.237 e. The van der Waals surface area contributed by atoms with E-state index >= 15 is 0 Å². The largest absolute Gasteiger partial charge is 0.391 e. The van der Waals surface area contributed by atoms with Crippen LogP contribution in [0.4, 0.5) is 0 Å². The Balaban J connectivity index is 1.82. The highest BCUT2D eigenvalue weighted by Gasteiger charge is 2.34. The third-order valence-electron chi connectivity index (χ3n) is 9.64. The van der Waals surface area contributed by atoms with Crippen molar-refractivity contribution in [1.29, 1.82) is 0 Å². The number of hydrogen-bond donors (Lipinski definition) is 4. The van der Waals surface area contributed by atoms with Crippen molar-refractivity contribution in [3.05, 3.63) is 35.5 Å². The molecule has 0 bridgehead atoms. The average Bonchev–Trinajstić information content (AvgIpc) is 3.75. The van der Waals surface area contributed by atoms with Crippen LogP contribution in [0.2, 0.25) is 0 Å². The van der Waals surface area contributed by atoms with Crippen LogP contribution in [0.1, 0.15) is 84.8 Å². The number of aryl methyl sites for hydroxylation is 2. The van der Waals surface area contributed by atoms with E-state index < -0.39 is 18.2 Å². The Kier molecular flexibility index (Phi) is 13.7. The molecule has 44 heavy (non-hydrogen) atoms. The van der Waals surface area contributed by atoms with E-state index in [0.29, 0.717) is 31.2 Å². The van der Waals surface area contributed by atoms with E-state index in [-0.39, 0.29) is 35.5 Å². The first kappa shape index (κ1) is 36.1. The number of aliphatic hydroxyl groups is 1. The van der Waals surface area contributed by atoms with Crippen LogP contribution >= 0.6 is 0 Å². The number of aromatic nitrogens is 1. The highest BCUT2D eigenvalue weighted by Crippen LogP contribution is 2.30. The Hall–Kier alpha value is -2.42. The molecule has 3 rings (SSSR count). The van der Waals surface area contributed by atoms with Crippen LogP contribution in [0, 0.1) is 35.5 Å². The number of nitrogens with zero attached hydrogens (tertiary/aromatic N) is 1. The molecule has 1 saturated carbocycles. The lowest BCUT2D eigenvalue weighted by molar-refractivity contribution is -0.128. The molecule has 3 unspecified atom stereocenters. The van der Waals surface area contributed by atoms with Gasteiger partial charge in [-0.15, -0.1) is 0 Å². The van der Waals surface area contributed by atoms with Gasteiger partial charge in [-0.1, -0.05) is 47.6 Å². The summed E-state index contributed by atoms with van der Waals surface area (Å²) in [6.07, 6.45) is 7.33. The van der Waals surface area contributed by atoms with Crippen molar-refractivity contribution in [3.8, 4) is 0 Å². The van der Waals surface area contributed by atoms with E-state index in [1.165, 1.54) is 34.9 Å². The van der Waals surface area contributed by atoms with E-state index in [0.717, 1.165) is 25.9 Å². The van der Waals surface area contributed by atoms with Gasteiger partial charge in [0.1, 0.15) is 0 Å². The zero-order valence-electron chi connectivity index (χ0n) is 28.6. The molecule has 0 radical (unpaired) electrons. The predicted molar refractivity (Wildman–Crippen MR) is 179 cm³/mol. The topological polar surface area (TPSA) is 119 Å². The molecule has 1 aliphatic rings. The second-order valence-corrected chi connectivity index (χ2v) is 14.4. The van der Waals surface area contributed by atoms with Gasteiger partial charge in [0.2, 0.25) is 11.8 Å². The minimum atomic E-state index is -0.873. The smallest absolute Gasteiger partial charge is 0.237 e. The Morgan fingerprint density at radius 3 is 2.34 bits per heavy atom. The Morgan fingerprint density at radius 2 is 1.75 bits per heavy atom. The molecule has 5 N–H and O–H groups in total. The molecular weight excluding hydrogens is 552 g/mol. The molecule has 0 saturated heterocycles. The van der Waals surface area contributed by atoms with Gasteiger partial charge in [0.05, 0.1) is 18.2 Å². The molecule has 1 aromatic carbocycles. The summed E-state index contributed by atoms with van der Waals surface area (Å²) in [5, 5.41) is 19.2. The second-order valence-electron chi connectivity index (χ2n) is 14.4. The average molecular weight is 613 g/mol. The number of carbonyl (C=O) groups excluding carboxylic acids is 2. The monoisotopic (exact) mass is 612 g/mol. The van der Waals surface area contributed by atoms with Gasteiger partial charge in [-0.25, -0.2) is 0 Å². The summed E-state index contributed by atoms with van der Waals surface area (Å²) in [6, 6.07) is 5.54. The van der Waals surface area contributed by atoms with Gasteiger partial charge in [-0.2, -0.15) is 0 Å². The lowest BCUT2D eigenvalue weighted by atomic mass is 9.80. The van der Waals surface area contributed by atoms with Crippen molar-refractivity contribution in [2.75, 3.05) is 20.3 Å². The predicted octanol–water partition coefficient (Wildman–Crippen LogP) is 4.98. The first-order valence-corrected chi connectivity index (χ1v) is 16.9. The third kappa shape index (κ3) is 10.3. The molecule has 5 atom stereocenters. The zero-order chi connectivity index (χ0) is 32.6. The van der Waals surface area contributed by atoms with Gasteiger partial charge in [-0.05, 0) is 97.8 Å². The Labute approximate surface area is 265 Å². The van der Waals surface area contributed by atoms with E-state index in [2.05, 4.69) is 60.5 Å². The molecule has 2 aromatic rings. The van der Waals surface area contributed by atoms with Gasteiger partial charge >= 0.3 is 0 Å². The van der Waals surface area contributed by atoms with Crippen LogP contribution in [0.25, 0.3) is 10.9 Å². The van der Waals surface area contributed by atoms with Crippen molar-refractivity contribution in [2.45, 2.75) is 105 Å². The van der Waals surface area contributed by atoms with Gasteiger partial charge in [0.25, 0.3) is 0 Å². The van der Waals surface area contributed by atoms with Crippen molar-refractivity contribution >= 4 is 22.7 Å². The van der Waals surface area contributed by atoms with Crippen LogP contribution in [0.15, 0.2) is 24.4 Å². The molecule has 248 valence electrons. The second kappa shape index (κ2) is 16.8. The standard InChI is InChI=1S/C36H60N4O4/c1-22(2)28(16-26-13-14-32-30(17-26)27(21-40(32)7)10-9-15-44-8)18-31(39-36(43)34(37)24(5)6)33(41)19-29(23(3)4)35(42)38-20-25-11-12-25/h13-14,17,21-25,28-29,31,33-34,41H,9-12,15-16,18-20,37H2,1-8H3,(H,38,42)(H,39,43)/t28?,29?,31-,33?,34-/m0/s1. The van der Waals surface area contributed by atoms with Gasteiger partial charge in [0.15, 0.2) is 0 Å². The molecular formula is C36H60N4O4. The van der Waals surface area contributed by atoms with Crippen LogP contribution in [-0.2, 0) is 34.2 Å². The Bertz CT molecular complexity index is 1200. The van der Waals surface area contributed by atoms with E-state index in [1.807, 2.05) is 27.7 Å². The van der Waals surface area contributed by atoms with Crippen molar-refractivity contribution in [3.63, 3.8) is 0 Å². The molecule has 1 aliphatic carbocycles. The number of methoxy groups -OCH3 is 1. The number of amides is 2. The maximum atomic E-state index is 13.2. The fourth-order valence-corrected chi connectivity index (χ4v) is 6.17. The zero-order valence-corrected chi connectivity index (χ0v) is 28.6. The lowest BCUT2D eigenvalue weighted by Crippen LogP contribution is -2.53. The van der Waals surface area contributed by atoms with Crippen molar-refractivity contribution in [1.82, 2.24) is 15.2 Å². The summed E-state index contributed by atoms with van der Waals surface area (Å²) in [4.78, 5) is 26.4. The van der Waals surface area contributed by atoms with E-state index in [1.54, 1.807) is 7.11 Å². The number of rotatable bonds is 19. The quantitative estimate of drug-likeness (QED) is 0.167. The van der Waals surface area contributed by atoms with Crippen LogP contribution in [0.3, 0.4) is 0 Å². The fraction of sp³-hybridized carbons (Fsp3) is 0.722. The highest BCUT2D eigenvalue weighted by atomic mass is 16.5. The first-order chi connectivity index (χ1) is 20.8. The van der Waals surface area contributed by atoms with Crippen LogP contribution < -0.4 is 16.4 Å². The number of aliphatic hydroxyl groups excluding tert-OH is 1. The minimum Gasteiger partial charge on any atom is -0.391 e. The molecule has 0 aliphatic heterocycles. The summed E-state index contributed by atoms with van der Waals surface area (Å²) in [6.45, 7) is 13.7. The fourth-order valence-electron chi connectivity index (χ4n) is 6.17. The number of nitrogens with one attached hydrogen (secondary N) is 2. The molecule has 1 heterocycles. The number of ether oxygens (including phenoxy) is 1. The van der Waals surface area contributed by atoms with E-state index in [4.69, 9.17) is 10.5 Å². The van der Waals surface area contributed by atoms with Crippen molar-refractivity contribution < 1.29 is 19.4 Å². The third-order valence-corrected chi connectivity index (χ3v) is 9.64. The molecule has 1 aromatic heterocycles. The number of hydrogen-bond acceptors (Lipinski definition) is 5. The first-order valence-electron chi connectivity index (χ1n) is 16.9. The molecule has 0 spiro atoms. The number of nitrogens with two attached hydrogens (primary N) is 1. The number of carbonyl (C=O) groups is 2. The maximum absolute atomic E-state index is 13.2. The summed E-state index contributed by atoms with van der Waals surface area (Å²) >= 11 is 0. The number of fused-ring (bicyclic) bond motifs is 1. The summed E-state index contributed by atoms with van der Waals surface area (Å²) in [5.74, 6) is 0.544. The summed E-state index contributed by atoms with van der Waals surface area (Å²) in [5.41, 5.74) is 10.0. The molecule has 8 nitrogen and oxygen atoms in total. The van der Waals surface area contributed by atoms with Gasteiger partial charge in [0, 0.05) is 50.3 Å². The SMILES string of the molecule is COCCCc1cn(C)c2ccc(CC(C[C@H](NC(=O)[C@@H](N)C(C)C)C(O)CC(C(=O)NCC3CC3)C(C)C)C(C)C)cc12. The molecule has 1 fully saturated rings. The van der Waals surface area contributed by atoms with Gasteiger partial charge in [-0.3, -0.25) is 9.59 Å². The summed E-state index contributed by atoms with van der Waals surface area (Å²) in [7, 11) is 3.83. The van der Waals surface area contributed by atoms with Gasteiger partial charge < -0.3 is 30.8 Å². The van der Waals surface area contributed by atoms with Crippen LogP contribution in [0.5, 0.6) is 0 Å². The summed E-state index contributed by atoms with van der Waals surface area (Å²) < 4.78 is 7.47. The Morgan fingerprint density at radius 1 is 1.05 bits per heavy atom. The highest BCUT2D eigenvalue weighted by molar-refractivity contribution is 5.85. The van der Waals surface area contributed by atoms with Crippen LogP contribution in [-0.4, -0.2) is 59.9 Å².